The van der Waals surface area contributed by atoms with Crippen molar-refractivity contribution in [3.63, 3.8) is 0 Å². The zero-order valence-electron chi connectivity index (χ0n) is 34.5. The fourth-order valence-corrected chi connectivity index (χ4v) is 5.93. The molecule has 6 aromatic rings. The summed E-state index contributed by atoms with van der Waals surface area (Å²) in [5.41, 5.74) is 6.76. The molecule has 0 fully saturated rings. The van der Waals surface area contributed by atoms with Crippen LogP contribution in [0.2, 0.25) is 0 Å². The van der Waals surface area contributed by atoms with Crippen molar-refractivity contribution in [1.82, 2.24) is 0 Å². The summed E-state index contributed by atoms with van der Waals surface area (Å²) in [5, 5.41) is 9.65. The number of ether oxygens (including phenoxy) is 4. The summed E-state index contributed by atoms with van der Waals surface area (Å²) in [6.45, 7) is 11.4. The minimum absolute atomic E-state index is 0. The van der Waals surface area contributed by atoms with Crippen molar-refractivity contribution in [3.8, 4) is 23.0 Å². The minimum atomic E-state index is -1.01. The quantitative estimate of drug-likeness (QED) is 0.0757. The van der Waals surface area contributed by atoms with Crippen LogP contribution in [0.15, 0.2) is 146 Å². The smallest absolute Gasteiger partial charge is 0.791 e. The number of rotatable bonds is 16. The van der Waals surface area contributed by atoms with Crippen molar-refractivity contribution < 1.29 is 67.4 Å². The van der Waals surface area contributed by atoms with Gasteiger partial charge in [0.15, 0.2) is 5.78 Å². The molecule has 0 aliphatic carbocycles. The number of aromatic carboxylic acids is 1. The van der Waals surface area contributed by atoms with Crippen LogP contribution in [0.25, 0.3) is 0 Å². The molecule has 1 N–H and O–H groups in total. The van der Waals surface area contributed by atoms with E-state index in [-0.39, 0.29) is 60.2 Å². The van der Waals surface area contributed by atoms with Crippen LogP contribution in [0, 0.1) is 0 Å². The maximum Gasteiger partial charge on any atom is 1.00 e. The summed E-state index contributed by atoms with van der Waals surface area (Å²) in [5.74, 6) is 1.59. The second-order valence-electron chi connectivity index (χ2n) is 14.0. The fraction of sp³-hybridized carbons (Fsp3) is 0.240. The molecule has 0 spiro atoms. The Kier molecular flexibility index (Phi) is 23.1. The third-order valence-corrected chi connectivity index (χ3v) is 9.03. The molecule has 310 valence electrons. The van der Waals surface area contributed by atoms with Crippen molar-refractivity contribution in [1.29, 1.82) is 0 Å². The maximum atomic E-state index is 12.2. The van der Waals surface area contributed by atoms with E-state index in [0.717, 1.165) is 39.1 Å². The van der Waals surface area contributed by atoms with Gasteiger partial charge in [-0.3, -0.25) is 4.79 Å². The molecule has 0 amide bonds. The van der Waals surface area contributed by atoms with Crippen LogP contribution < -0.4 is 52.7 Å². The van der Waals surface area contributed by atoms with Gasteiger partial charge in [0, 0.05) is 12.1 Å². The number of benzene rings is 6. The number of halogens is 1. The summed E-state index contributed by atoms with van der Waals surface area (Å²) in [6.07, 6.45) is 0. The van der Waals surface area contributed by atoms with E-state index in [2.05, 4.69) is 13.8 Å². The van der Waals surface area contributed by atoms with Gasteiger partial charge in [-0.2, -0.15) is 0 Å². The Labute approximate surface area is 386 Å². The van der Waals surface area contributed by atoms with Gasteiger partial charge in [-0.25, -0.2) is 21.1 Å². The number of carboxylic acid groups (broad SMARTS) is 1. The van der Waals surface area contributed by atoms with E-state index < -0.39 is 5.97 Å². The number of hydrogen-bond acceptors (Lipinski definition) is 7. The van der Waals surface area contributed by atoms with Crippen LogP contribution in [0.3, 0.4) is 0 Å². The SMILES string of the molecule is C.CC(=O)c1cc(C(C)C)c(OCc2ccccc2)cc1OCc1ccccc1.CC(C)c1cc(C(=O)O)c(OCc2ccccc2)cc1OCc1ccccc1.[Na+].[O-]Br. The number of carbonyl (C=O) groups is 2. The molecular formula is C50H54BrNaO8. The molecule has 0 radical (unpaired) electrons. The summed E-state index contributed by atoms with van der Waals surface area (Å²) in [4.78, 5) is 24.0. The molecule has 0 heterocycles. The van der Waals surface area contributed by atoms with Gasteiger partial charge < -0.3 is 28.3 Å². The monoisotopic (exact) mass is 884 g/mol. The van der Waals surface area contributed by atoms with Gasteiger partial charge >= 0.3 is 35.5 Å². The van der Waals surface area contributed by atoms with Crippen LogP contribution in [0.1, 0.15) is 108 Å². The third kappa shape index (κ3) is 15.9. The Morgan fingerprint density at radius 2 is 0.767 bits per heavy atom. The van der Waals surface area contributed by atoms with Crippen molar-refractivity contribution in [2.45, 2.75) is 80.3 Å². The zero-order valence-corrected chi connectivity index (χ0v) is 38.1. The standard InChI is InChI=1S/C25H26O3.C24H24O4.CH4.BrO.Na/c1-18(2)22-14-23(19(3)26)25(28-17-21-12-8-5-9-13-21)15-24(22)27-16-20-10-6-4-7-11-20;1-17(2)20-13-21(24(25)26)23(28-16-19-11-7-4-8-12-19)14-22(20)27-15-18-9-5-3-6-10-18;;1-2;/h4-15,18H,16-17H2,1-3H3;3-14,17H,15-16H2,1-2H3,(H,25,26);1H4;;/q;;;-1;+1. The Balaban J connectivity index is 0.000000385. The number of ketones is 1. The number of hydrogen-bond donors (Lipinski definition) is 1. The molecule has 0 bridgehead atoms. The molecule has 10 heteroatoms. The molecule has 0 atom stereocenters. The largest absolute Gasteiger partial charge is 1.00 e. The molecule has 0 saturated heterocycles. The van der Waals surface area contributed by atoms with Crippen molar-refractivity contribution in [2.75, 3.05) is 0 Å². The minimum Gasteiger partial charge on any atom is -0.791 e. The predicted octanol–water partition coefficient (Wildman–Crippen LogP) is 9.13. The van der Waals surface area contributed by atoms with Gasteiger partial charge in [-0.1, -0.05) is 156 Å². The molecule has 0 aliphatic heterocycles. The topological polar surface area (TPSA) is 114 Å². The zero-order chi connectivity index (χ0) is 41.9. The van der Waals surface area contributed by atoms with E-state index >= 15 is 0 Å². The first-order valence-electron chi connectivity index (χ1n) is 19.0. The van der Waals surface area contributed by atoms with E-state index in [1.54, 1.807) is 35.3 Å². The average molecular weight is 886 g/mol. The van der Waals surface area contributed by atoms with Crippen LogP contribution >= 0.6 is 16.3 Å². The summed E-state index contributed by atoms with van der Waals surface area (Å²) < 4.78 is 32.1. The Morgan fingerprint density at radius 3 is 1.03 bits per heavy atom. The van der Waals surface area contributed by atoms with Gasteiger partial charge in [0.1, 0.15) is 55.0 Å². The first-order chi connectivity index (χ1) is 28.1. The molecular weight excluding hydrogens is 831 g/mol. The fourth-order valence-electron chi connectivity index (χ4n) is 5.93. The van der Waals surface area contributed by atoms with Gasteiger partial charge in [-0.15, -0.1) is 0 Å². The van der Waals surface area contributed by atoms with Crippen LogP contribution in [0.4, 0.5) is 0 Å². The van der Waals surface area contributed by atoms with Crippen molar-refractivity contribution >= 4 is 28.0 Å². The molecule has 0 saturated carbocycles. The van der Waals surface area contributed by atoms with Crippen LogP contribution in [0.5, 0.6) is 23.0 Å². The molecule has 6 rings (SSSR count). The normalized spacial score (nSPS) is 10.1. The number of Topliss-reactive ketones (excluding diaryl/α,β-unsaturated/α-hetero) is 1. The van der Waals surface area contributed by atoms with Gasteiger partial charge in [-0.05, 0) is 64.3 Å². The van der Waals surface area contributed by atoms with E-state index in [4.69, 9.17) is 23.1 Å². The van der Waals surface area contributed by atoms with Crippen LogP contribution in [-0.2, 0) is 26.4 Å². The second kappa shape index (κ2) is 27.0. The van der Waals surface area contributed by atoms with E-state index in [1.165, 1.54) is 0 Å². The van der Waals surface area contributed by atoms with E-state index in [0.29, 0.717) is 49.2 Å². The average Bonchev–Trinajstić information content (AvgIpc) is 3.25. The van der Waals surface area contributed by atoms with Crippen LogP contribution in [-0.4, -0.2) is 16.9 Å². The molecule has 0 aromatic heterocycles. The first-order valence-corrected chi connectivity index (χ1v) is 19.7. The first kappa shape index (κ1) is 51.2. The van der Waals surface area contributed by atoms with Crippen molar-refractivity contribution in [3.05, 3.63) is 190 Å². The maximum absolute atomic E-state index is 12.2. The molecule has 0 unspecified atom stereocenters. The van der Waals surface area contributed by atoms with E-state index in [1.807, 2.05) is 147 Å². The third-order valence-electron chi connectivity index (χ3n) is 9.03. The van der Waals surface area contributed by atoms with E-state index in [9.17, 15) is 14.7 Å². The van der Waals surface area contributed by atoms with Gasteiger partial charge in [0.25, 0.3) is 0 Å². The van der Waals surface area contributed by atoms with Crippen molar-refractivity contribution in [2.24, 2.45) is 0 Å². The number of carbonyl (C=O) groups excluding carboxylic acids is 1. The Bertz CT molecular complexity index is 2010. The molecule has 6 aromatic carbocycles. The number of carboxylic acids is 1. The van der Waals surface area contributed by atoms with Gasteiger partial charge in [0.05, 0.1) is 5.56 Å². The summed E-state index contributed by atoms with van der Waals surface area (Å²) in [6, 6.07) is 46.6. The molecule has 0 aliphatic rings. The molecule has 60 heavy (non-hydrogen) atoms. The Hall–Kier alpha value is -4.90. The summed E-state index contributed by atoms with van der Waals surface area (Å²) in [7, 11) is 0. The Morgan fingerprint density at radius 1 is 0.500 bits per heavy atom. The van der Waals surface area contributed by atoms with Gasteiger partial charge in [0.2, 0.25) is 0 Å². The predicted molar refractivity (Wildman–Crippen MR) is 237 cm³/mol. The molecule has 8 nitrogen and oxygen atoms in total. The summed E-state index contributed by atoms with van der Waals surface area (Å²) >= 11 is 1.69. The second-order valence-corrected chi connectivity index (χ2v) is 14.0.